The predicted molar refractivity (Wildman–Crippen MR) is 78.7 cm³/mol. The van der Waals surface area contributed by atoms with Crippen molar-refractivity contribution >= 4 is 26.0 Å². The van der Waals surface area contributed by atoms with Crippen LogP contribution in [0.5, 0.6) is 0 Å². The normalized spacial score (nSPS) is 12.1. The predicted octanol–water partition coefficient (Wildman–Crippen LogP) is 3.01. The van der Waals surface area contributed by atoms with Crippen molar-refractivity contribution in [1.29, 1.82) is 0 Å². The van der Waals surface area contributed by atoms with Gasteiger partial charge in [0, 0.05) is 23.6 Å². The molecule has 0 unspecified atom stereocenters. The lowest BCUT2D eigenvalue weighted by molar-refractivity contribution is 0.390. The van der Waals surface area contributed by atoms with E-state index in [1.165, 1.54) is 17.4 Å². The third kappa shape index (κ3) is 3.17. The number of nitrogens with zero attached hydrogens (tertiary/aromatic N) is 2. The first-order chi connectivity index (χ1) is 9.73. The molecule has 0 aliphatic carbocycles. The monoisotopic (exact) mass is 376 g/mol. The fraction of sp³-hybridized carbons (Fsp3) is 0.308. The molecule has 5 nitrogen and oxygen atoms in total. The van der Waals surface area contributed by atoms with E-state index in [0.717, 1.165) is 17.7 Å². The topological polar surface area (TPSA) is 63.4 Å². The van der Waals surface area contributed by atoms with Gasteiger partial charge in [0.2, 0.25) is 10.0 Å². The Kier molecular flexibility index (Phi) is 4.50. The van der Waals surface area contributed by atoms with E-state index in [1.54, 1.807) is 13.8 Å². The Labute approximate surface area is 130 Å². The number of halogens is 2. The highest BCUT2D eigenvalue weighted by Crippen LogP contribution is 2.27. The van der Waals surface area contributed by atoms with Crippen LogP contribution in [0.25, 0.3) is 0 Å². The molecule has 0 aliphatic heterocycles. The molecule has 0 amide bonds. The molecule has 0 aliphatic rings. The Bertz CT molecular complexity index is 754. The number of sulfonamides is 1. The average molecular weight is 377 g/mol. The molecule has 0 bridgehead atoms. The van der Waals surface area contributed by atoms with Crippen LogP contribution in [0.15, 0.2) is 32.1 Å². The number of rotatable bonds is 4. The Balaban J connectivity index is 2.35. The summed E-state index contributed by atoms with van der Waals surface area (Å²) < 4.78 is 44.5. The zero-order valence-corrected chi connectivity index (χ0v) is 14.1. The van der Waals surface area contributed by atoms with Crippen molar-refractivity contribution in [1.82, 2.24) is 9.46 Å². The Morgan fingerprint density at radius 1 is 1.38 bits per heavy atom. The zero-order valence-electron chi connectivity index (χ0n) is 11.7. The zero-order chi connectivity index (χ0) is 15.8. The SMILES string of the molecule is Cc1noc(C)c1CN(C)S(=O)(=O)c1ccc(F)cc1Br. The van der Waals surface area contributed by atoms with Gasteiger partial charge in [-0.05, 0) is 48.0 Å². The van der Waals surface area contributed by atoms with Crippen LogP contribution >= 0.6 is 15.9 Å². The molecule has 8 heteroatoms. The first kappa shape index (κ1) is 16.1. The van der Waals surface area contributed by atoms with E-state index < -0.39 is 15.8 Å². The maximum absolute atomic E-state index is 13.1. The van der Waals surface area contributed by atoms with Crippen molar-refractivity contribution < 1.29 is 17.3 Å². The second kappa shape index (κ2) is 5.86. The van der Waals surface area contributed by atoms with E-state index in [-0.39, 0.29) is 15.9 Å². The van der Waals surface area contributed by atoms with Gasteiger partial charge in [0.05, 0.1) is 10.6 Å². The van der Waals surface area contributed by atoms with Gasteiger partial charge in [0.25, 0.3) is 0 Å². The van der Waals surface area contributed by atoms with Gasteiger partial charge in [-0.25, -0.2) is 12.8 Å². The summed E-state index contributed by atoms with van der Waals surface area (Å²) in [6, 6.07) is 3.47. The lowest BCUT2D eigenvalue weighted by Gasteiger charge is -2.18. The molecule has 21 heavy (non-hydrogen) atoms. The first-order valence-corrected chi connectivity index (χ1v) is 8.30. The van der Waals surface area contributed by atoms with E-state index >= 15 is 0 Å². The highest BCUT2D eigenvalue weighted by molar-refractivity contribution is 9.10. The van der Waals surface area contributed by atoms with Crippen LogP contribution in [-0.2, 0) is 16.6 Å². The van der Waals surface area contributed by atoms with Crippen LogP contribution in [0.2, 0.25) is 0 Å². The third-order valence-corrected chi connectivity index (χ3v) is 5.92. The van der Waals surface area contributed by atoms with Crippen LogP contribution < -0.4 is 0 Å². The summed E-state index contributed by atoms with van der Waals surface area (Å²) in [5.74, 6) is 0.0712. The highest BCUT2D eigenvalue weighted by atomic mass is 79.9. The van der Waals surface area contributed by atoms with Gasteiger partial charge >= 0.3 is 0 Å². The lowest BCUT2D eigenvalue weighted by Crippen LogP contribution is -2.27. The summed E-state index contributed by atoms with van der Waals surface area (Å²) in [5, 5.41) is 3.80. The number of benzene rings is 1. The molecule has 114 valence electrons. The lowest BCUT2D eigenvalue weighted by atomic mass is 10.2. The third-order valence-electron chi connectivity index (χ3n) is 3.14. The van der Waals surface area contributed by atoms with Crippen molar-refractivity contribution in [3.63, 3.8) is 0 Å². The summed E-state index contributed by atoms with van der Waals surface area (Å²) in [4.78, 5) is 0.0122. The molecule has 0 saturated carbocycles. The molecular formula is C13H14BrFN2O3S. The van der Waals surface area contributed by atoms with Crippen molar-refractivity contribution in [2.45, 2.75) is 25.3 Å². The minimum atomic E-state index is -3.75. The highest BCUT2D eigenvalue weighted by Gasteiger charge is 2.25. The van der Waals surface area contributed by atoms with Crippen LogP contribution in [-0.4, -0.2) is 24.9 Å². The van der Waals surface area contributed by atoms with Crippen molar-refractivity contribution in [3.8, 4) is 0 Å². The van der Waals surface area contributed by atoms with Crippen molar-refractivity contribution in [2.24, 2.45) is 0 Å². The minimum Gasteiger partial charge on any atom is -0.361 e. The number of aryl methyl sites for hydroxylation is 2. The van der Waals surface area contributed by atoms with Gasteiger partial charge in [-0.2, -0.15) is 4.31 Å². The molecule has 1 heterocycles. The molecule has 1 aromatic carbocycles. The molecule has 1 aromatic heterocycles. The summed E-state index contributed by atoms with van der Waals surface area (Å²) in [6.45, 7) is 3.61. The number of hydrogen-bond donors (Lipinski definition) is 0. The fourth-order valence-electron chi connectivity index (χ4n) is 1.89. The summed E-state index contributed by atoms with van der Waals surface area (Å²) >= 11 is 3.08. The summed E-state index contributed by atoms with van der Waals surface area (Å²) in [5.41, 5.74) is 1.37. The molecule has 0 spiro atoms. The van der Waals surface area contributed by atoms with E-state index in [9.17, 15) is 12.8 Å². The van der Waals surface area contributed by atoms with E-state index in [0.29, 0.717) is 11.5 Å². The Morgan fingerprint density at radius 2 is 2.05 bits per heavy atom. The number of hydrogen-bond acceptors (Lipinski definition) is 4. The van der Waals surface area contributed by atoms with E-state index in [4.69, 9.17) is 4.52 Å². The van der Waals surface area contributed by atoms with Gasteiger partial charge in [0.15, 0.2) is 0 Å². The maximum atomic E-state index is 13.1. The molecular weight excluding hydrogens is 363 g/mol. The van der Waals surface area contributed by atoms with E-state index in [1.807, 2.05) is 0 Å². The molecule has 0 radical (unpaired) electrons. The average Bonchev–Trinajstić information content (AvgIpc) is 2.70. The van der Waals surface area contributed by atoms with Gasteiger partial charge in [-0.3, -0.25) is 0 Å². The maximum Gasteiger partial charge on any atom is 0.244 e. The Hall–Kier alpha value is -1.25. The minimum absolute atomic E-state index is 0.0122. The van der Waals surface area contributed by atoms with Gasteiger partial charge in [0.1, 0.15) is 11.6 Å². The molecule has 2 aromatic rings. The number of aromatic nitrogens is 1. The van der Waals surface area contributed by atoms with Crippen molar-refractivity contribution in [2.75, 3.05) is 7.05 Å². The largest absolute Gasteiger partial charge is 0.361 e. The van der Waals surface area contributed by atoms with Crippen LogP contribution in [0, 0.1) is 19.7 Å². The molecule has 2 rings (SSSR count). The first-order valence-electron chi connectivity index (χ1n) is 6.06. The Morgan fingerprint density at radius 3 is 2.57 bits per heavy atom. The summed E-state index contributed by atoms with van der Waals surface area (Å²) in [7, 11) is -2.29. The molecule has 0 saturated heterocycles. The summed E-state index contributed by atoms with van der Waals surface area (Å²) in [6.07, 6.45) is 0. The van der Waals surface area contributed by atoms with Gasteiger partial charge in [-0.15, -0.1) is 0 Å². The second-order valence-corrected chi connectivity index (χ2v) is 7.51. The van der Waals surface area contributed by atoms with Crippen molar-refractivity contribution in [3.05, 3.63) is 45.5 Å². The van der Waals surface area contributed by atoms with Crippen LogP contribution in [0.3, 0.4) is 0 Å². The second-order valence-electron chi connectivity index (χ2n) is 4.64. The smallest absolute Gasteiger partial charge is 0.244 e. The fourth-order valence-corrected chi connectivity index (χ4v) is 4.03. The van der Waals surface area contributed by atoms with Gasteiger partial charge < -0.3 is 4.52 Å². The molecule has 0 N–H and O–H groups in total. The quantitative estimate of drug-likeness (QED) is 0.822. The van der Waals surface area contributed by atoms with Crippen LogP contribution in [0.4, 0.5) is 4.39 Å². The standard InChI is InChI=1S/C13H14BrFN2O3S/c1-8-11(9(2)20-16-8)7-17(3)21(18,19)13-5-4-10(15)6-12(13)14/h4-6H,7H2,1-3H3. The van der Waals surface area contributed by atoms with Crippen LogP contribution in [0.1, 0.15) is 17.0 Å². The van der Waals surface area contributed by atoms with E-state index in [2.05, 4.69) is 21.1 Å². The van der Waals surface area contributed by atoms with Gasteiger partial charge in [-0.1, -0.05) is 5.16 Å². The molecule has 0 atom stereocenters. The molecule has 0 fully saturated rings.